The van der Waals surface area contributed by atoms with E-state index in [2.05, 4.69) is 27.3 Å². The van der Waals surface area contributed by atoms with E-state index < -0.39 is 5.97 Å². The molecule has 4 rings (SSSR count). The van der Waals surface area contributed by atoms with Crippen molar-refractivity contribution in [1.82, 2.24) is 10.3 Å². The Morgan fingerprint density at radius 3 is 2.42 bits per heavy atom. The van der Waals surface area contributed by atoms with E-state index in [9.17, 15) is 9.90 Å². The third kappa shape index (κ3) is 6.70. The van der Waals surface area contributed by atoms with Gasteiger partial charge in [0.25, 0.3) is 0 Å². The zero-order chi connectivity index (χ0) is 23.0. The predicted octanol–water partition coefficient (Wildman–Crippen LogP) is 4.90. The van der Waals surface area contributed by atoms with Gasteiger partial charge in [-0.1, -0.05) is 41.9 Å². The Morgan fingerprint density at radius 2 is 1.73 bits per heavy atom. The summed E-state index contributed by atoms with van der Waals surface area (Å²) in [5, 5.41) is 13.4. The van der Waals surface area contributed by atoms with Gasteiger partial charge in [0.05, 0.1) is 5.92 Å². The molecule has 1 aromatic heterocycles. The molecule has 0 amide bonds. The number of aliphatic carboxylic acids is 1. The molecule has 0 spiro atoms. The van der Waals surface area contributed by atoms with Crippen molar-refractivity contribution in [3.63, 3.8) is 0 Å². The average molecular weight is 466 g/mol. The molecule has 0 aliphatic carbocycles. The third-order valence-electron chi connectivity index (χ3n) is 5.80. The van der Waals surface area contributed by atoms with Crippen molar-refractivity contribution in [3.8, 4) is 5.75 Å². The lowest BCUT2D eigenvalue weighted by molar-refractivity contribution is -0.141. The number of rotatable bonds is 9. The molecule has 0 radical (unpaired) electrons. The minimum Gasteiger partial charge on any atom is -0.489 e. The maximum absolute atomic E-state index is 11.3. The molecule has 33 heavy (non-hydrogen) atoms. The van der Waals surface area contributed by atoms with Crippen LogP contribution in [0.3, 0.4) is 0 Å². The summed E-state index contributed by atoms with van der Waals surface area (Å²) in [5.74, 6) is 0.646. The number of piperidine rings is 1. The van der Waals surface area contributed by atoms with Gasteiger partial charge in [0.2, 0.25) is 0 Å². The SMILES string of the molecule is O=C(O)C1CCCN(c2ccc(CNCc3ccc(OCc4ccc(Cl)cc4)cc3)cn2)C1. The van der Waals surface area contributed by atoms with Crippen LogP contribution >= 0.6 is 11.6 Å². The van der Waals surface area contributed by atoms with Crippen LogP contribution in [0.4, 0.5) is 5.82 Å². The molecule has 1 unspecified atom stereocenters. The molecule has 0 saturated carbocycles. The summed E-state index contributed by atoms with van der Waals surface area (Å²) in [7, 11) is 0. The van der Waals surface area contributed by atoms with E-state index in [0.29, 0.717) is 19.7 Å². The van der Waals surface area contributed by atoms with E-state index in [1.165, 1.54) is 5.56 Å². The van der Waals surface area contributed by atoms with Gasteiger partial charge in [-0.15, -0.1) is 0 Å². The minimum atomic E-state index is -0.721. The fraction of sp³-hybridized carbons (Fsp3) is 0.308. The van der Waals surface area contributed by atoms with Gasteiger partial charge in [-0.3, -0.25) is 4.79 Å². The predicted molar refractivity (Wildman–Crippen MR) is 130 cm³/mol. The average Bonchev–Trinajstić information content (AvgIpc) is 2.85. The van der Waals surface area contributed by atoms with Crippen LogP contribution in [0.15, 0.2) is 66.9 Å². The van der Waals surface area contributed by atoms with E-state index in [0.717, 1.165) is 53.6 Å². The van der Waals surface area contributed by atoms with E-state index in [1.54, 1.807) is 0 Å². The van der Waals surface area contributed by atoms with Gasteiger partial charge in [-0.05, 0) is 59.9 Å². The smallest absolute Gasteiger partial charge is 0.308 e. The molecule has 2 heterocycles. The summed E-state index contributed by atoms with van der Waals surface area (Å²) < 4.78 is 5.83. The summed E-state index contributed by atoms with van der Waals surface area (Å²) in [5.41, 5.74) is 3.34. The van der Waals surface area contributed by atoms with Crippen molar-refractivity contribution in [2.24, 2.45) is 5.92 Å². The lowest BCUT2D eigenvalue weighted by Gasteiger charge is -2.31. The second kappa shape index (κ2) is 11.2. The first-order chi connectivity index (χ1) is 16.1. The molecule has 1 aliphatic heterocycles. The van der Waals surface area contributed by atoms with Crippen LogP contribution < -0.4 is 15.0 Å². The fourth-order valence-corrected chi connectivity index (χ4v) is 4.02. The summed E-state index contributed by atoms with van der Waals surface area (Å²) in [6.07, 6.45) is 3.48. The molecular weight excluding hydrogens is 438 g/mol. The number of carboxylic acid groups (broad SMARTS) is 1. The van der Waals surface area contributed by atoms with Gasteiger partial charge in [-0.25, -0.2) is 4.98 Å². The second-order valence-corrected chi connectivity index (χ2v) is 8.75. The number of hydrogen-bond donors (Lipinski definition) is 2. The number of carbonyl (C=O) groups is 1. The molecule has 1 aliphatic rings. The van der Waals surface area contributed by atoms with Crippen LogP contribution in [0, 0.1) is 5.92 Å². The lowest BCUT2D eigenvalue weighted by atomic mass is 9.98. The molecule has 1 fully saturated rings. The number of nitrogens with zero attached hydrogens (tertiary/aromatic N) is 2. The largest absolute Gasteiger partial charge is 0.489 e. The van der Waals surface area contributed by atoms with Crippen molar-refractivity contribution in [2.45, 2.75) is 32.5 Å². The first-order valence-electron chi connectivity index (χ1n) is 11.2. The van der Waals surface area contributed by atoms with E-state index in [-0.39, 0.29) is 5.92 Å². The molecule has 0 bridgehead atoms. The Bertz CT molecular complexity index is 1040. The number of ether oxygens (including phenoxy) is 1. The number of halogens is 1. The van der Waals surface area contributed by atoms with Crippen molar-refractivity contribution in [1.29, 1.82) is 0 Å². The Kier molecular flexibility index (Phi) is 7.81. The van der Waals surface area contributed by atoms with Crippen molar-refractivity contribution >= 4 is 23.4 Å². The summed E-state index contributed by atoms with van der Waals surface area (Å²) in [4.78, 5) is 17.9. The molecule has 6 nitrogen and oxygen atoms in total. The first kappa shape index (κ1) is 23.1. The molecule has 2 aromatic carbocycles. The summed E-state index contributed by atoms with van der Waals surface area (Å²) in [6.45, 7) is 3.34. The van der Waals surface area contributed by atoms with Crippen LogP contribution in [0.2, 0.25) is 5.02 Å². The highest BCUT2D eigenvalue weighted by molar-refractivity contribution is 6.30. The molecule has 2 N–H and O–H groups in total. The maximum atomic E-state index is 11.3. The van der Waals surface area contributed by atoms with Crippen molar-refractivity contribution < 1.29 is 14.6 Å². The molecule has 7 heteroatoms. The van der Waals surface area contributed by atoms with Crippen molar-refractivity contribution in [2.75, 3.05) is 18.0 Å². The number of pyridine rings is 1. The van der Waals surface area contributed by atoms with Gasteiger partial charge in [0.1, 0.15) is 18.2 Å². The zero-order valence-electron chi connectivity index (χ0n) is 18.4. The Morgan fingerprint density at radius 1 is 1.03 bits per heavy atom. The van der Waals surface area contributed by atoms with E-state index in [1.807, 2.05) is 54.7 Å². The highest BCUT2D eigenvalue weighted by Crippen LogP contribution is 2.22. The van der Waals surface area contributed by atoms with Crippen LogP contribution in [0.25, 0.3) is 0 Å². The fourth-order valence-electron chi connectivity index (χ4n) is 3.90. The molecule has 1 atom stereocenters. The summed E-state index contributed by atoms with van der Waals surface area (Å²) in [6, 6.07) is 19.7. The van der Waals surface area contributed by atoms with Crippen LogP contribution in [0.1, 0.15) is 29.5 Å². The Balaban J connectivity index is 1.21. The standard InChI is InChI=1S/C26H28ClN3O3/c27-23-8-3-20(4-9-23)18-33-24-10-5-19(6-11-24)14-28-15-21-7-12-25(29-16-21)30-13-1-2-22(17-30)26(31)32/h3-12,16,22,28H,1-2,13-15,17-18H2,(H,31,32). The number of anilines is 1. The Labute approximate surface area is 199 Å². The molecule has 172 valence electrons. The normalized spacial score (nSPS) is 15.9. The highest BCUT2D eigenvalue weighted by Gasteiger charge is 2.25. The van der Waals surface area contributed by atoms with Gasteiger partial charge in [0.15, 0.2) is 0 Å². The molecular formula is C26H28ClN3O3. The lowest BCUT2D eigenvalue weighted by Crippen LogP contribution is -2.39. The molecule has 1 saturated heterocycles. The zero-order valence-corrected chi connectivity index (χ0v) is 19.2. The highest BCUT2D eigenvalue weighted by atomic mass is 35.5. The van der Waals surface area contributed by atoms with Gasteiger partial charge in [-0.2, -0.15) is 0 Å². The van der Waals surface area contributed by atoms with Gasteiger partial charge >= 0.3 is 5.97 Å². The third-order valence-corrected chi connectivity index (χ3v) is 6.06. The number of nitrogens with one attached hydrogen (secondary N) is 1. The molecule has 3 aromatic rings. The monoisotopic (exact) mass is 465 g/mol. The van der Waals surface area contributed by atoms with Crippen molar-refractivity contribution in [3.05, 3.63) is 88.6 Å². The van der Waals surface area contributed by atoms with Crippen LogP contribution in [-0.4, -0.2) is 29.1 Å². The maximum Gasteiger partial charge on any atom is 0.308 e. The minimum absolute atomic E-state index is 0.309. The number of benzene rings is 2. The quantitative estimate of drug-likeness (QED) is 0.468. The second-order valence-electron chi connectivity index (χ2n) is 8.31. The Hall–Kier alpha value is -3.09. The number of hydrogen-bond acceptors (Lipinski definition) is 5. The van der Waals surface area contributed by atoms with Crippen LogP contribution in [0.5, 0.6) is 5.75 Å². The topological polar surface area (TPSA) is 74.7 Å². The van der Waals surface area contributed by atoms with E-state index >= 15 is 0 Å². The van der Waals surface area contributed by atoms with Crippen LogP contribution in [-0.2, 0) is 24.5 Å². The number of aromatic nitrogens is 1. The number of carboxylic acids is 1. The first-order valence-corrected chi connectivity index (χ1v) is 11.5. The van der Waals surface area contributed by atoms with Gasteiger partial charge in [0, 0.05) is 37.4 Å². The summed E-state index contributed by atoms with van der Waals surface area (Å²) >= 11 is 5.91. The van der Waals surface area contributed by atoms with Gasteiger partial charge < -0.3 is 20.1 Å². The van der Waals surface area contributed by atoms with E-state index in [4.69, 9.17) is 16.3 Å².